The number of carbonyl (C=O) groups is 3. The zero-order chi connectivity index (χ0) is 10.4. The molecular formula is C7H8O6. The summed E-state index contributed by atoms with van der Waals surface area (Å²) in [4.78, 5) is 30.4. The zero-order valence-corrected chi connectivity index (χ0v) is 6.56. The SMILES string of the molecule is O=C(O)/C=C(/CCC(=O)O)C(=O)O. The van der Waals surface area contributed by atoms with Crippen LogP contribution in [0.15, 0.2) is 11.6 Å². The Morgan fingerprint density at radius 3 is 1.85 bits per heavy atom. The van der Waals surface area contributed by atoms with Crippen LogP contribution < -0.4 is 0 Å². The first-order chi connectivity index (χ1) is 5.93. The highest BCUT2D eigenvalue weighted by Crippen LogP contribution is 2.05. The molecule has 0 aromatic heterocycles. The van der Waals surface area contributed by atoms with Gasteiger partial charge in [-0.05, 0) is 6.42 Å². The zero-order valence-electron chi connectivity index (χ0n) is 6.56. The summed E-state index contributed by atoms with van der Waals surface area (Å²) in [6.45, 7) is 0. The molecule has 0 radical (unpaired) electrons. The molecular weight excluding hydrogens is 180 g/mol. The average molecular weight is 188 g/mol. The highest BCUT2D eigenvalue weighted by atomic mass is 16.4. The van der Waals surface area contributed by atoms with Crippen LogP contribution in [0.3, 0.4) is 0 Å². The Kier molecular flexibility index (Phi) is 4.21. The molecule has 72 valence electrons. The quantitative estimate of drug-likeness (QED) is 0.521. The van der Waals surface area contributed by atoms with Gasteiger partial charge in [-0.15, -0.1) is 0 Å². The largest absolute Gasteiger partial charge is 0.481 e. The van der Waals surface area contributed by atoms with E-state index in [1.165, 1.54) is 0 Å². The Hall–Kier alpha value is -1.85. The lowest BCUT2D eigenvalue weighted by Gasteiger charge is -1.97. The van der Waals surface area contributed by atoms with Gasteiger partial charge in [-0.3, -0.25) is 4.79 Å². The molecule has 0 aromatic rings. The number of carboxylic acids is 3. The van der Waals surface area contributed by atoms with E-state index in [0.717, 1.165) is 0 Å². The van der Waals surface area contributed by atoms with Crippen LogP contribution in [0.25, 0.3) is 0 Å². The lowest BCUT2D eigenvalue weighted by Crippen LogP contribution is -2.06. The normalized spacial score (nSPS) is 10.9. The summed E-state index contributed by atoms with van der Waals surface area (Å²) in [5, 5.41) is 24.8. The maximum absolute atomic E-state index is 10.3. The van der Waals surface area contributed by atoms with Crippen LogP contribution >= 0.6 is 0 Å². The Labute approximate surface area is 73.1 Å². The summed E-state index contributed by atoms with van der Waals surface area (Å²) in [5.74, 6) is -3.98. The fraction of sp³-hybridized carbons (Fsp3) is 0.286. The van der Waals surface area contributed by atoms with Gasteiger partial charge in [0.05, 0.1) is 0 Å². The van der Waals surface area contributed by atoms with Crippen LogP contribution in [0.1, 0.15) is 12.8 Å². The minimum atomic E-state index is -1.41. The Morgan fingerprint density at radius 1 is 1.00 bits per heavy atom. The molecule has 0 bridgehead atoms. The van der Waals surface area contributed by atoms with Crippen LogP contribution in [0.2, 0.25) is 0 Å². The summed E-state index contributed by atoms with van der Waals surface area (Å²) in [6.07, 6.45) is -0.201. The highest BCUT2D eigenvalue weighted by molar-refractivity contribution is 5.94. The van der Waals surface area contributed by atoms with Crippen molar-refractivity contribution < 1.29 is 29.7 Å². The van der Waals surface area contributed by atoms with Gasteiger partial charge in [0.15, 0.2) is 0 Å². The molecule has 0 aromatic carbocycles. The van der Waals surface area contributed by atoms with Gasteiger partial charge in [0, 0.05) is 18.1 Å². The maximum Gasteiger partial charge on any atom is 0.331 e. The molecule has 0 aliphatic heterocycles. The first-order valence-corrected chi connectivity index (χ1v) is 3.32. The van der Waals surface area contributed by atoms with Crippen LogP contribution in [-0.4, -0.2) is 33.2 Å². The standard InChI is InChI=1S/C7H8O6/c8-5(9)2-1-4(7(12)13)3-6(10)11/h3H,1-2H2,(H,8,9)(H,10,11)(H,12,13)/b4-3-. The molecule has 6 nitrogen and oxygen atoms in total. The summed E-state index contributed by atoms with van der Waals surface area (Å²) in [5.41, 5.74) is -0.421. The maximum atomic E-state index is 10.3. The van der Waals surface area contributed by atoms with E-state index in [4.69, 9.17) is 15.3 Å². The van der Waals surface area contributed by atoms with Crippen LogP contribution in [0.4, 0.5) is 0 Å². The molecule has 3 N–H and O–H groups in total. The van der Waals surface area contributed by atoms with Crippen molar-refractivity contribution in [1.82, 2.24) is 0 Å². The smallest absolute Gasteiger partial charge is 0.331 e. The summed E-state index contributed by atoms with van der Waals surface area (Å²) in [7, 11) is 0. The average Bonchev–Trinajstić information content (AvgIpc) is 1.96. The van der Waals surface area contributed by atoms with Crippen molar-refractivity contribution in [3.63, 3.8) is 0 Å². The second kappa shape index (κ2) is 4.91. The van der Waals surface area contributed by atoms with Gasteiger partial charge < -0.3 is 15.3 Å². The van der Waals surface area contributed by atoms with Crippen molar-refractivity contribution in [2.24, 2.45) is 0 Å². The summed E-state index contributed by atoms with van der Waals surface area (Å²) < 4.78 is 0. The van der Waals surface area contributed by atoms with Gasteiger partial charge in [-0.25, -0.2) is 9.59 Å². The summed E-state index contributed by atoms with van der Waals surface area (Å²) >= 11 is 0. The van der Waals surface area contributed by atoms with E-state index in [1.807, 2.05) is 0 Å². The molecule has 13 heavy (non-hydrogen) atoms. The second-order valence-electron chi connectivity index (χ2n) is 2.21. The van der Waals surface area contributed by atoms with Gasteiger partial charge >= 0.3 is 17.9 Å². The number of hydrogen-bond donors (Lipinski definition) is 3. The van der Waals surface area contributed by atoms with E-state index in [2.05, 4.69) is 0 Å². The van der Waals surface area contributed by atoms with E-state index in [0.29, 0.717) is 6.08 Å². The molecule has 0 aliphatic rings. The summed E-state index contributed by atoms with van der Waals surface area (Å²) in [6, 6.07) is 0. The minimum absolute atomic E-state index is 0.295. The van der Waals surface area contributed by atoms with E-state index < -0.39 is 29.9 Å². The number of carboxylic acid groups (broad SMARTS) is 3. The van der Waals surface area contributed by atoms with E-state index >= 15 is 0 Å². The monoisotopic (exact) mass is 188 g/mol. The fourth-order valence-corrected chi connectivity index (χ4v) is 0.631. The Balaban J connectivity index is 4.36. The molecule has 0 saturated heterocycles. The topological polar surface area (TPSA) is 112 Å². The molecule has 0 unspecified atom stereocenters. The lowest BCUT2D eigenvalue weighted by molar-refractivity contribution is -0.137. The van der Waals surface area contributed by atoms with Gasteiger partial charge in [-0.2, -0.15) is 0 Å². The molecule has 0 amide bonds. The van der Waals surface area contributed by atoms with Gasteiger partial charge in [-0.1, -0.05) is 0 Å². The first-order valence-electron chi connectivity index (χ1n) is 3.32. The van der Waals surface area contributed by atoms with Gasteiger partial charge in [0.25, 0.3) is 0 Å². The van der Waals surface area contributed by atoms with Gasteiger partial charge in [0.2, 0.25) is 0 Å². The van der Waals surface area contributed by atoms with E-state index in [-0.39, 0.29) is 6.42 Å². The van der Waals surface area contributed by atoms with Crippen molar-refractivity contribution in [1.29, 1.82) is 0 Å². The van der Waals surface area contributed by atoms with Crippen LogP contribution in [-0.2, 0) is 14.4 Å². The third-order valence-electron chi connectivity index (χ3n) is 1.18. The third-order valence-corrected chi connectivity index (χ3v) is 1.18. The Morgan fingerprint density at radius 2 is 1.54 bits per heavy atom. The van der Waals surface area contributed by atoms with Crippen LogP contribution in [0.5, 0.6) is 0 Å². The predicted molar refractivity (Wildman–Crippen MR) is 40.2 cm³/mol. The molecule has 0 fully saturated rings. The number of aliphatic carboxylic acids is 3. The van der Waals surface area contributed by atoms with E-state index in [1.54, 1.807) is 0 Å². The molecule has 0 saturated carbocycles. The fourth-order valence-electron chi connectivity index (χ4n) is 0.631. The minimum Gasteiger partial charge on any atom is -0.481 e. The molecule has 6 heteroatoms. The highest BCUT2D eigenvalue weighted by Gasteiger charge is 2.10. The van der Waals surface area contributed by atoms with Crippen molar-refractivity contribution in [2.75, 3.05) is 0 Å². The predicted octanol–water partition coefficient (Wildman–Crippen LogP) is -0.0532. The molecule has 0 spiro atoms. The van der Waals surface area contributed by atoms with Crippen LogP contribution in [0, 0.1) is 0 Å². The lowest BCUT2D eigenvalue weighted by atomic mass is 10.1. The number of hydrogen-bond acceptors (Lipinski definition) is 3. The van der Waals surface area contributed by atoms with Crippen molar-refractivity contribution in [3.05, 3.63) is 11.6 Å². The van der Waals surface area contributed by atoms with Gasteiger partial charge in [0.1, 0.15) is 0 Å². The second-order valence-corrected chi connectivity index (χ2v) is 2.21. The molecule has 0 rings (SSSR count). The van der Waals surface area contributed by atoms with Crippen molar-refractivity contribution in [2.45, 2.75) is 12.8 Å². The van der Waals surface area contributed by atoms with Crippen molar-refractivity contribution in [3.8, 4) is 0 Å². The molecule has 0 atom stereocenters. The molecule has 0 heterocycles. The van der Waals surface area contributed by atoms with E-state index in [9.17, 15) is 14.4 Å². The molecule has 0 aliphatic carbocycles. The third kappa shape index (κ3) is 5.42. The van der Waals surface area contributed by atoms with Crippen molar-refractivity contribution >= 4 is 17.9 Å². The first kappa shape index (κ1) is 11.2. The Bertz CT molecular complexity index is 264. The number of rotatable bonds is 5.